The van der Waals surface area contributed by atoms with Gasteiger partial charge in [-0.05, 0) is 25.5 Å². The van der Waals surface area contributed by atoms with Gasteiger partial charge in [0.1, 0.15) is 5.75 Å². The molecule has 2 aromatic carbocycles. The van der Waals surface area contributed by atoms with E-state index in [4.69, 9.17) is 10.5 Å². The van der Waals surface area contributed by atoms with Gasteiger partial charge in [-0.1, -0.05) is 44.0 Å². The summed E-state index contributed by atoms with van der Waals surface area (Å²) in [6.07, 6.45) is 3.75. The number of hydrogen-bond donors (Lipinski definition) is 1. The molecule has 1 unspecified atom stereocenters. The summed E-state index contributed by atoms with van der Waals surface area (Å²) < 4.78 is 6.03. The van der Waals surface area contributed by atoms with Crippen LogP contribution in [-0.2, 0) is 0 Å². The molecular formula is C16H21NO. The number of hydrogen-bond acceptors (Lipinski definition) is 2. The van der Waals surface area contributed by atoms with E-state index in [1.54, 1.807) is 0 Å². The summed E-state index contributed by atoms with van der Waals surface area (Å²) in [5.41, 5.74) is 6.79. The lowest BCUT2D eigenvalue weighted by molar-refractivity contribution is 0.210. The first-order chi connectivity index (χ1) is 8.72. The quantitative estimate of drug-likeness (QED) is 0.791. The maximum Gasteiger partial charge on any atom is 0.127 e. The van der Waals surface area contributed by atoms with Gasteiger partial charge in [-0.3, -0.25) is 0 Å². The van der Waals surface area contributed by atoms with Crippen molar-refractivity contribution in [3.63, 3.8) is 0 Å². The average Bonchev–Trinajstić information content (AvgIpc) is 2.38. The lowest BCUT2D eigenvalue weighted by Gasteiger charge is -2.16. The molecule has 1 atom stereocenters. The van der Waals surface area contributed by atoms with Crippen LogP contribution in [-0.4, -0.2) is 6.10 Å². The molecule has 0 fully saturated rings. The van der Waals surface area contributed by atoms with E-state index in [1.807, 2.05) is 30.3 Å². The van der Waals surface area contributed by atoms with Gasteiger partial charge in [-0.15, -0.1) is 0 Å². The van der Waals surface area contributed by atoms with Crippen LogP contribution in [0, 0.1) is 0 Å². The molecule has 0 aliphatic rings. The minimum atomic E-state index is 0.247. The standard InChI is InChI=1S/C16H21NO/c1-3-4-7-12(2)18-16-11-6-8-13-14(16)9-5-10-15(13)17/h5-6,8-12H,3-4,7,17H2,1-2H3. The molecule has 0 amide bonds. The Kier molecular flexibility index (Phi) is 4.08. The summed E-state index contributed by atoms with van der Waals surface area (Å²) in [6.45, 7) is 4.33. The zero-order valence-corrected chi connectivity index (χ0v) is 11.1. The number of benzene rings is 2. The first-order valence-electron chi connectivity index (χ1n) is 6.66. The Hall–Kier alpha value is -1.70. The molecule has 0 saturated carbocycles. The van der Waals surface area contributed by atoms with Gasteiger partial charge in [-0.25, -0.2) is 0 Å². The number of nitrogen functional groups attached to an aromatic ring is 1. The lowest BCUT2D eigenvalue weighted by Crippen LogP contribution is -2.11. The van der Waals surface area contributed by atoms with Gasteiger partial charge in [0.15, 0.2) is 0 Å². The largest absolute Gasteiger partial charge is 0.490 e. The zero-order chi connectivity index (χ0) is 13.0. The molecule has 2 N–H and O–H groups in total. The van der Waals surface area contributed by atoms with Crippen molar-refractivity contribution in [2.45, 2.75) is 39.2 Å². The molecule has 96 valence electrons. The monoisotopic (exact) mass is 243 g/mol. The molecule has 0 aliphatic heterocycles. The molecule has 0 bridgehead atoms. The molecule has 2 nitrogen and oxygen atoms in total. The Morgan fingerprint density at radius 3 is 2.61 bits per heavy atom. The molecule has 0 spiro atoms. The van der Waals surface area contributed by atoms with E-state index in [-0.39, 0.29) is 6.10 Å². The van der Waals surface area contributed by atoms with Crippen LogP contribution < -0.4 is 10.5 Å². The van der Waals surface area contributed by atoms with Gasteiger partial charge in [-0.2, -0.15) is 0 Å². The second-order valence-electron chi connectivity index (χ2n) is 4.77. The van der Waals surface area contributed by atoms with E-state index in [9.17, 15) is 0 Å². The number of anilines is 1. The highest BCUT2D eigenvalue weighted by molar-refractivity contribution is 5.96. The zero-order valence-electron chi connectivity index (χ0n) is 11.1. The van der Waals surface area contributed by atoms with Gasteiger partial charge in [0.2, 0.25) is 0 Å². The Labute approximate surface area is 109 Å². The van der Waals surface area contributed by atoms with E-state index >= 15 is 0 Å². The minimum absolute atomic E-state index is 0.247. The maximum absolute atomic E-state index is 6.03. The highest BCUT2D eigenvalue weighted by Gasteiger charge is 2.07. The number of nitrogens with two attached hydrogens (primary N) is 1. The molecule has 2 aromatic rings. The van der Waals surface area contributed by atoms with E-state index in [1.165, 1.54) is 12.8 Å². The van der Waals surface area contributed by atoms with Gasteiger partial charge < -0.3 is 10.5 Å². The molecule has 18 heavy (non-hydrogen) atoms. The predicted molar refractivity (Wildman–Crippen MR) is 78.0 cm³/mol. The molecular weight excluding hydrogens is 222 g/mol. The number of ether oxygens (including phenoxy) is 1. The van der Waals surface area contributed by atoms with Crippen molar-refractivity contribution in [1.82, 2.24) is 0 Å². The third-order valence-electron chi connectivity index (χ3n) is 3.21. The van der Waals surface area contributed by atoms with Crippen LogP contribution in [0.2, 0.25) is 0 Å². The Morgan fingerprint density at radius 1 is 1.11 bits per heavy atom. The fraction of sp³-hybridized carbons (Fsp3) is 0.375. The van der Waals surface area contributed by atoms with Gasteiger partial charge >= 0.3 is 0 Å². The fourth-order valence-corrected chi connectivity index (χ4v) is 2.18. The Balaban J connectivity index is 2.25. The third kappa shape index (κ3) is 2.76. The van der Waals surface area contributed by atoms with E-state index in [0.717, 1.165) is 28.6 Å². The van der Waals surface area contributed by atoms with Gasteiger partial charge in [0.25, 0.3) is 0 Å². The van der Waals surface area contributed by atoms with Crippen molar-refractivity contribution in [3.8, 4) is 5.75 Å². The first-order valence-corrected chi connectivity index (χ1v) is 6.66. The second-order valence-corrected chi connectivity index (χ2v) is 4.77. The van der Waals surface area contributed by atoms with Crippen LogP contribution in [0.25, 0.3) is 10.8 Å². The first kappa shape index (κ1) is 12.7. The molecule has 0 heterocycles. The fourth-order valence-electron chi connectivity index (χ4n) is 2.18. The summed E-state index contributed by atoms with van der Waals surface area (Å²) in [4.78, 5) is 0. The van der Waals surface area contributed by atoms with Crippen LogP contribution in [0.3, 0.4) is 0 Å². The predicted octanol–water partition coefficient (Wildman–Crippen LogP) is 4.38. The highest BCUT2D eigenvalue weighted by atomic mass is 16.5. The van der Waals surface area contributed by atoms with Gasteiger partial charge in [0.05, 0.1) is 6.10 Å². The second kappa shape index (κ2) is 5.76. The molecule has 2 heteroatoms. The van der Waals surface area contributed by atoms with Crippen LogP contribution >= 0.6 is 0 Å². The highest BCUT2D eigenvalue weighted by Crippen LogP contribution is 2.30. The molecule has 0 radical (unpaired) electrons. The van der Waals surface area contributed by atoms with Crippen molar-refractivity contribution in [3.05, 3.63) is 36.4 Å². The van der Waals surface area contributed by atoms with Crippen LogP contribution in [0.5, 0.6) is 5.75 Å². The van der Waals surface area contributed by atoms with Crippen molar-refractivity contribution in [1.29, 1.82) is 0 Å². The maximum atomic E-state index is 6.03. The molecule has 2 rings (SSSR count). The van der Waals surface area contributed by atoms with E-state index in [2.05, 4.69) is 19.9 Å². The van der Waals surface area contributed by atoms with Crippen LogP contribution in [0.1, 0.15) is 33.1 Å². The van der Waals surface area contributed by atoms with Crippen molar-refractivity contribution >= 4 is 16.5 Å². The average molecular weight is 243 g/mol. The summed E-state index contributed by atoms with van der Waals surface area (Å²) in [7, 11) is 0. The molecule has 0 aromatic heterocycles. The van der Waals surface area contributed by atoms with Crippen LogP contribution in [0.4, 0.5) is 5.69 Å². The van der Waals surface area contributed by atoms with Crippen molar-refractivity contribution in [2.24, 2.45) is 0 Å². The van der Waals surface area contributed by atoms with E-state index in [0.29, 0.717) is 0 Å². The van der Waals surface area contributed by atoms with Gasteiger partial charge in [0, 0.05) is 16.5 Å². The minimum Gasteiger partial charge on any atom is -0.490 e. The van der Waals surface area contributed by atoms with Crippen molar-refractivity contribution in [2.75, 3.05) is 5.73 Å². The summed E-state index contributed by atoms with van der Waals surface area (Å²) >= 11 is 0. The Morgan fingerprint density at radius 2 is 1.83 bits per heavy atom. The van der Waals surface area contributed by atoms with E-state index < -0.39 is 0 Å². The summed E-state index contributed by atoms with van der Waals surface area (Å²) in [6, 6.07) is 12.0. The summed E-state index contributed by atoms with van der Waals surface area (Å²) in [5.74, 6) is 0.934. The summed E-state index contributed by atoms with van der Waals surface area (Å²) in [5, 5.41) is 2.17. The molecule has 0 aliphatic carbocycles. The SMILES string of the molecule is CCCCC(C)Oc1cccc2c(N)cccc12. The third-order valence-corrected chi connectivity index (χ3v) is 3.21. The van der Waals surface area contributed by atoms with Crippen molar-refractivity contribution < 1.29 is 4.74 Å². The number of fused-ring (bicyclic) bond motifs is 1. The number of rotatable bonds is 5. The topological polar surface area (TPSA) is 35.2 Å². The number of unbranched alkanes of at least 4 members (excludes halogenated alkanes) is 1. The lowest BCUT2D eigenvalue weighted by atomic mass is 10.1. The normalized spacial score (nSPS) is 12.6. The Bertz CT molecular complexity index is 521. The smallest absolute Gasteiger partial charge is 0.127 e. The van der Waals surface area contributed by atoms with Crippen LogP contribution in [0.15, 0.2) is 36.4 Å². The molecule has 0 saturated heterocycles.